The van der Waals surface area contributed by atoms with Crippen LogP contribution >= 0.6 is 0 Å². The van der Waals surface area contributed by atoms with Crippen LogP contribution in [-0.4, -0.2) is 54.0 Å². The van der Waals surface area contributed by atoms with Gasteiger partial charge in [0, 0.05) is 24.7 Å². The first kappa shape index (κ1) is 24.4. The fourth-order valence-electron chi connectivity index (χ4n) is 5.11. The summed E-state index contributed by atoms with van der Waals surface area (Å²) in [6.07, 6.45) is 3.97. The van der Waals surface area contributed by atoms with E-state index in [2.05, 4.69) is 22.0 Å². The van der Waals surface area contributed by atoms with E-state index in [1.165, 1.54) is 23.5 Å². The van der Waals surface area contributed by atoms with Crippen molar-refractivity contribution in [3.8, 4) is 11.4 Å². The van der Waals surface area contributed by atoms with E-state index in [0.717, 1.165) is 30.5 Å². The van der Waals surface area contributed by atoms with Gasteiger partial charge in [0.2, 0.25) is 21.7 Å². The summed E-state index contributed by atoms with van der Waals surface area (Å²) < 4.78 is 38.1. The Labute approximate surface area is 208 Å². The number of aromatic nitrogens is 3. The summed E-state index contributed by atoms with van der Waals surface area (Å²) in [5.74, 6) is 0.119. The molecule has 0 bridgehead atoms. The monoisotopic (exact) mass is 512 g/mol. The van der Waals surface area contributed by atoms with Gasteiger partial charge in [0.05, 0.1) is 23.1 Å². The molecule has 1 saturated heterocycles. The number of H-pyrrole nitrogens is 1. The van der Waals surface area contributed by atoms with Crippen LogP contribution in [0.2, 0.25) is 0 Å². The van der Waals surface area contributed by atoms with Crippen molar-refractivity contribution in [3.05, 3.63) is 63.4 Å². The molecule has 3 heterocycles. The van der Waals surface area contributed by atoms with Gasteiger partial charge < -0.3 is 14.2 Å². The van der Waals surface area contributed by atoms with E-state index in [1.54, 1.807) is 12.1 Å². The number of carbonyl (C=O) groups excluding carboxylic acids is 1. The number of ether oxygens (including phenoxy) is 1. The average molecular weight is 513 g/mol. The molecule has 3 aromatic rings. The van der Waals surface area contributed by atoms with E-state index >= 15 is 0 Å². The largest absolute Gasteiger partial charge is 0.465 e. The molecule has 0 amide bonds. The molecule has 1 aliphatic heterocycles. The van der Waals surface area contributed by atoms with Gasteiger partial charge in [-0.25, -0.2) is 13.2 Å². The Bertz CT molecular complexity index is 1450. The van der Waals surface area contributed by atoms with Gasteiger partial charge in [-0.1, -0.05) is 24.2 Å². The second-order valence-electron chi connectivity index (χ2n) is 9.37. The molecule has 1 aliphatic carbocycles. The second kappa shape index (κ2) is 9.62. The zero-order valence-electron chi connectivity index (χ0n) is 20.2. The zero-order valence-corrected chi connectivity index (χ0v) is 21.0. The number of aromatic amines is 1. The number of hydrogen-bond acceptors (Lipinski definition) is 8. The van der Waals surface area contributed by atoms with Crippen LogP contribution in [0.15, 0.2) is 44.5 Å². The number of rotatable bonds is 5. The lowest BCUT2D eigenvalue weighted by molar-refractivity contribution is 0.0596. The molecular formula is C25H28N4O6S. The van der Waals surface area contributed by atoms with Crippen molar-refractivity contribution in [2.75, 3.05) is 20.2 Å². The Morgan fingerprint density at radius 1 is 1.19 bits per heavy atom. The number of pyridine rings is 1. The molecule has 190 valence electrons. The number of sulfonamides is 1. The van der Waals surface area contributed by atoms with Gasteiger partial charge in [0.1, 0.15) is 0 Å². The van der Waals surface area contributed by atoms with Crippen LogP contribution in [0.25, 0.3) is 11.4 Å². The van der Waals surface area contributed by atoms with E-state index in [1.807, 2.05) is 6.07 Å². The maximum Gasteiger partial charge on any atom is 0.339 e. The molecule has 2 aromatic heterocycles. The maximum absolute atomic E-state index is 13.3. The first-order valence-corrected chi connectivity index (χ1v) is 13.5. The molecule has 36 heavy (non-hydrogen) atoms. The van der Waals surface area contributed by atoms with Crippen LogP contribution in [0.3, 0.4) is 0 Å². The van der Waals surface area contributed by atoms with E-state index in [0.29, 0.717) is 30.2 Å². The number of nitrogens with zero attached hydrogens (tertiary/aromatic N) is 3. The van der Waals surface area contributed by atoms with E-state index in [4.69, 9.17) is 9.26 Å². The summed E-state index contributed by atoms with van der Waals surface area (Å²) in [6, 6.07) is 7.89. The average Bonchev–Trinajstić information content (AvgIpc) is 3.38. The third-order valence-corrected chi connectivity index (χ3v) is 9.09. The molecule has 1 atom stereocenters. The lowest BCUT2D eigenvalue weighted by Gasteiger charge is -2.30. The Morgan fingerprint density at radius 2 is 1.94 bits per heavy atom. The topological polar surface area (TPSA) is 135 Å². The fraction of sp³-hybridized carbons (Fsp3) is 0.440. The minimum absolute atomic E-state index is 0.00771. The predicted molar refractivity (Wildman–Crippen MR) is 130 cm³/mol. The van der Waals surface area contributed by atoms with E-state index < -0.39 is 16.0 Å². The van der Waals surface area contributed by atoms with Crippen molar-refractivity contribution >= 4 is 16.0 Å². The number of benzene rings is 1. The van der Waals surface area contributed by atoms with Gasteiger partial charge in [-0.2, -0.15) is 9.29 Å². The highest BCUT2D eigenvalue weighted by molar-refractivity contribution is 7.89. The molecular weight excluding hydrogens is 484 g/mol. The highest BCUT2D eigenvalue weighted by Gasteiger charge is 2.34. The SMILES string of the molecule is COC(=O)c1ccccc1S(=O)(=O)N1CCC(c2nc(-c3cc4c([nH]c3=O)C(C)CCC4)no2)CC1. The van der Waals surface area contributed by atoms with Gasteiger partial charge >= 0.3 is 5.97 Å². The van der Waals surface area contributed by atoms with Crippen LogP contribution in [0.4, 0.5) is 0 Å². The van der Waals surface area contributed by atoms with Crippen molar-refractivity contribution in [3.63, 3.8) is 0 Å². The van der Waals surface area contributed by atoms with Crippen LogP contribution in [-0.2, 0) is 21.2 Å². The first-order valence-electron chi connectivity index (χ1n) is 12.1. The minimum Gasteiger partial charge on any atom is -0.465 e. The van der Waals surface area contributed by atoms with Crippen molar-refractivity contribution in [2.45, 2.75) is 55.8 Å². The standard InChI is InChI=1S/C25H28N4O6S/c1-15-6-5-7-17-14-19(23(30)26-21(15)17)22-27-24(35-28-22)16-10-12-29(13-11-16)36(32,33)20-9-4-3-8-18(20)25(31)34-2/h3-4,8-9,14-16H,5-7,10-13H2,1-2H3,(H,26,30). The molecule has 2 aliphatic rings. The Hall–Kier alpha value is -3.31. The number of piperidine rings is 1. The van der Waals surface area contributed by atoms with Crippen LogP contribution in [0, 0.1) is 0 Å². The molecule has 0 radical (unpaired) electrons. The molecule has 0 saturated carbocycles. The van der Waals surface area contributed by atoms with Gasteiger partial charge in [-0.3, -0.25) is 4.79 Å². The summed E-state index contributed by atoms with van der Waals surface area (Å²) in [7, 11) is -2.67. The van der Waals surface area contributed by atoms with Crippen LogP contribution < -0.4 is 5.56 Å². The molecule has 1 N–H and O–H groups in total. The molecule has 5 rings (SSSR count). The Balaban J connectivity index is 1.32. The van der Waals surface area contributed by atoms with Gasteiger partial charge in [-0.05, 0) is 61.8 Å². The van der Waals surface area contributed by atoms with Crippen molar-refractivity contribution in [2.24, 2.45) is 0 Å². The van der Waals surface area contributed by atoms with Gasteiger partial charge in [-0.15, -0.1) is 0 Å². The van der Waals surface area contributed by atoms with Gasteiger partial charge in [0.25, 0.3) is 5.56 Å². The number of esters is 1. The van der Waals surface area contributed by atoms with Gasteiger partial charge in [0.15, 0.2) is 0 Å². The molecule has 0 spiro atoms. The van der Waals surface area contributed by atoms with Crippen molar-refractivity contribution < 1.29 is 22.5 Å². The lowest BCUT2D eigenvalue weighted by Crippen LogP contribution is -2.38. The molecule has 1 aromatic carbocycles. The summed E-state index contributed by atoms with van der Waals surface area (Å²) in [5, 5.41) is 4.06. The highest BCUT2D eigenvalue weighted by Crippen LogP contribution is 2.33. The number of nitrogens with one attached hydrogen (secondary N) is 1. The fourth-order valence-corrected chi connectivity index (χ4v) is 6.76. The molecule has 11 heteroatoms. The lowest BCUT2D eigenvalue weighted by atomic mass is 9.87. The molecule has 1 unspecified atom stereocenters. The Morgan fingerprint density at radius 3 is 2.69 bits per heavy atom. The number of aryl methyl sites for hydroxylation is 1. The third kappa shape index (κ3) is 4.37. The number of methoxy groups -OCH3 is 1. The molecule has 1 fully saturated rings. The second-order valence-corrected chi connectivity index (χ2v) is 11.3. The number of hydrogen-bond donors (Lipinski definition) is 1. The Kier molecular flexibility index (Phi) is 6.52. The number of carbonyl (C=O) groups is 1. The first-order chi connectivity index (χ1) is 17.3. The minimum atomic E-state index is -3.89. The predicted octanol–water partition coefficient (Wildman–Crippen LogP) is 3.22. The zero-order chi connectivity index (χ0) is 25.4. The maximum atomic E-state index is 13.3. The van der Waals surface area contributed by atoms with E-state index in [-0.39, 0.29) is 40.9 Å². The van der Waals surface area contributed by atoms with E-state index in [9.17, 15) is 18.0 Å². The van der Waals surface area contributed by atoms with Crippen LogP contribution in [0.5, 0.6) is 0 Å². The summed E-state index contributed by atoms with van der Waals surface area (Å²) in [6.45, 7) is 2.58. The normalized spacial score (nSPS) is 19.1. The van der Waals surface area contributed by atoms with Crippen LogP contribution in [0.1, 0.15) is 71.9 Å². The third-order valence-electron chi connectivity index (χ3n) is 7.13. The number of fused-ring (bicyclic) bond motifs is 1. The highest BCUT2D eigenvalue weighted by atomic mass is 32.2. The van der Waals surface area contributed by atoms with Crippen molar-refractivity contribution in [1.29, 1.82) is 0 Å². The summed E-state index contributed by atoms with van der Waals surface area (Å²) >= 11 is 0. The summed E-state index contributed by atoms with van der Waals surface area (Å²) in [5.41, 5.74) is 2.26. The van der Waals surface area contributed by atoms with Crippen molar-refractivity contribution in [1.82, 2.24) is 19.4 Å². The smallest absolute Gasteiger partial charge is 0.339 e. The summed E-state index contributed by atoms with van der Waals surface area (Å²) in [4.78, 5) is 32.2. The molecule has 10 nitrogen and oxygen atoms in total. The quantitative estimate of drug-likeness (QED) is 0.515.